The van der Waals surface area contributed by atoms with Gasteiger partial charge in [-0.05, 0) is 23.3 Å². The fourth-order valence-electron chi connectivity index (χ4n) is 2.37. The topological polar surface area (TPSA) is 79.5 Å². The normalized spacial score (nSPS) is 16.2. The minimum absolute atomic E-state index is 0.197. The molecule has 1 aliphatic rings. The van der Waals surface area contributed by atoms with Crippen LogP contribution in [0.3, 0.4) is 0 Å². The van der Waals surface area contributed by atoms with Crippen molar-refractivity contribution in [3.05, 3.63) is 65.7 Å². The van der Waals surface area contributed by atoms with Gasteiger partial charge in [0.05, 0.1) is 0 Å². The van der Waals surface area contributed by atoms with Gasteiger partial charge < -0.3 is 20.7 Å². The van der Waals surface area contributed by atoms with E-state index in [2.05, 4.69) is 16.0 Å². The molecule has 0 unspecified atom stereocenters. The summed E-state index contributed by atoms with van der Waals surface area (Å²) in [6.07, 6.45) is 0. The summed E-state index contributed by atoms with van der Waals surface area (Å²) in [6.45, 7) is 1.24. The van der Waals surface area contributed by atoms with Gasteiger partial charge in [0.25, 0.3) is 0 Å². The molecule has 2 aromatic carbocycles. The molecule has 1 heterocycles. The van der Waals surface area contributed by atoms with Crippen molar-refractivity contribution in [2.45, 2.75) is 19.2 Å². The molecule has 0 aliphatic carbocycles. The number of amides is 3. The maximum atomic E-state index is 11.9. The third-order valence-electron chi connectivity index (χ3n) is 3.73. The number of carbonyl (C=O) groups is 2. The first-order valence-corrected chi connectivity index (χ1v) is 7.78. The smallest absolute Gasteiger partial charge is 0.315 e. The van der Waals surface area contributed by atoms with Crippen LogP contribution in [0, 0.1) is 0 Å². The Labute approximate surface area is 140 Å². The van der Waals surface area contributed by atoms with Gasteiger partial charge >= 0.3 is 6.03 Å². The summed E-state index contributed by atoms with van der Waals surface area (Å²) in [5.74, 6) is 0.582. The number of hydrogen-bond donors (Lipinski definition) is 3. The standard InChI is InChI=1S/C18H19N3O3/c22-17(16-11-20-18(23)21-16)19-10-13-6-8-15(9-7-13)24-12-14-4-2-1-3-5-14/h1-9,16H,10-12H2,(H,19,22)(H2,20,21,23)/t16-/m0/s1. The highest BCUT2D eigenvalue weighted by Gasteiger charge is 2.26. The van der Waals surface area contributed by atoms with E-state index in [9.17, 15) is 9.59 Å². The zero-order valence-corrected chi connectivity index (χ0v) is 13.1. The van der Waals surface area contributed by atoms with E-state index >= 15 is 0 Å². The van der Waals surface area contributed by atoms with Gasteiger partial charge in [0.1, 0.15) is 18.4 Å². The van der Waals surface area contributed by atoms with Crippen molar-refractivity contribution in [1.29, 1.82) is 0 Å². The molecule has 3 N–H and O–H groups in total. The second kappa shape index (κ2) is 7.50. The predicted molar refractivity (Wildman–Crippen MR) is 89.4 cm³/mol. The first-order chi connectivity index (χ1) is 11.7. The van der Waals surface area contributed by atoms with E-state index in [-0.39, 0.29) is 11.9 Å². The van der Waals surface area contributed by atoms with Crippen LogP contribution < -0.4 is 20.7 Å². The number of ether oxygens (including phenoxy) is 1. The molecule has 2 aromatic rings. The highest BCUT2D eigenvalue weighted by atomic mass is 16.5. The monoisotopic (exact) mass is 325 g/mol. The van der Waals surface area contributed by atoms with Crippen LogP contribution >= 0.6 is 0 Å². The highest BCUT2D eigenvalue weighted by Crippen LogP contribution is 2.14. The predicted octanol–water partition coefficient (Wildman–Crippen LogP) is 1.56. The summed E-state index contributed by atoms with van der Waals surface area (Å²) >= 11 is 0. The van der Waals surface area contributed by atoms with Crippen LogP contribution in [-0.2, 0) is 17.9 Å². The summed E-state index contributed by atoms with van der Waals surface area (Å²) in [4.78, 5) is 22.9. The van der Waals surface area contributed by atoms with Crippen LogP contribution in [0.1, 0.15) is 11.1 Å². The highest BCUT2D eigenvalue weighted by molar-refractivity contribution is 5.90. The second-order valence-corrected chi connectivity index (χ2v) is 5.54. The lowest BCUT2D eigenvalue weighted by Crippen LogP contribution is -2.42. The van der Waals surface area contributed by atoms with Crippen LogP contribution in [0.2, 0.25) is 0 Å². The lowest BCUT2D eigenvalue weighted by atomic mass is 10.2. The van der Waals surface area contributed by atoms with Gasteiger partial charge in [-0.3, -0.25) is 4.79 Å². The Kier molecular flexibility index (Phi) is 4.96. The molecule has 1 atom stereocenters. The third-order valence-corrected chi connectivity index (χ3v) is 3.73. The lowest BCUT2D eigenvalue weighted by Gasteiger charge is -2.11. The van der Waals surface area contributed by atoms with Gasteiger partial charge in [0.15, 0.2) is 0 Å². The van der Waals surface area contributed by atoms with Crippen LogP contribution in [0.25, 0.3) is 0 Å². The van der Waals surface area contributed by atoms with E-state index in [1.165, 1.54) is 0 Å². The van der Waals surface area contributed by atoms with Crippen LogP contribution in [-0.4, -0.2) is 24.5 Å². The largest absolute Gasteiger partial charge is 0.489 e. The van der Waals surface area contributed by atoms with Gasteiger partial charge in [-0.2, -0.15) is 0 Å². The van der Waals surface area contributed by atoms with Crippen LogP contribution in [0.15, 0.2) is 54.6 Å². The zero-order chi connectivity index (χ0) is 16.8. The van der Waals surface area contributed by atoms with Crippen molar-refractivity contribution in [2.75, 3.05) is 6.54 Å². The molecule has 0 aromatic heterocycles. The molecule has 0 spiro atoms. The number of carbonyl (C=O) groups excluding carboxylic acids is 2. The van der Waals surface area contributed by atoms with Crippen molar-refractivity contribution in [3.8, 4) is 5.75 Å². The lowest BCUT2D eigenvalue weighted by molar-refractivity contribution is -0.122. The maximum Gasteiger partial charge on any atom is 0.315 e. The van der Waals surface area contributed by atoms with Crippen LogP contribution in [0.4, 0.5) is 4.79 Å². The van der Waals surface area contributed by atoms with E-state index in [4.69, 9.17) is 4.74 Å². The van der Waals surface area contributed by atoms with E-state index in [1.54, 1.807) is 0 Å². The molecular weight excluding hydrogens is 306 g/mol. The van der Waals surface area contributed by atoms with Gasteiger partial charge in [0.2, 0.25) is 5.91 Å². The number of rotatable bonds is 6. The molecule has 124 valence electrons. The summed E-state index contributed by atoms with van der Waals surface area (Å²) < 4.78 is 5.72. The Balaban J connectivity index is 1.46. The van der Waals surface area contributed by atoms with Gasteiger partial charge in [-0.25, -0.2) is 4.79 Å². The number of hydrogen-bond acceptors (Lipinski definition) is 3. The molecule has 0 saturated carbocycles. The van der Waals surface area contributed by atoms with Gasteiger partial charge in [0, 0.05) is 13.1 Å². The first-order valence-electron chi connectivity index (χ1n) is 7.78. The molecule has 1 saturated heterocycles. The van der Waals surface area contributed by atoms with Crippen molar-refractivity contribution in [3.63, 3.8) is 0 Å². The van der Waals surface area contributed by atoms with E-state index in [1.807, 2.05) is 54.6 Å². The zero-order valence-electron chi connectivity index (χ0n) is 13.1. The molecule has 6 nitrogen and oxygen atoms in total. The van der Waals surface area contributed by atoms with Crippen LogP contribution in [0.5, 0.6) is 5.75 Å². The summed E-state index contributed by atoms with van der Waals surface area (Å²) in [5.41, 5.74) is 2.08. The third kappa shape index (κ3) is 4.25. The maximum absolute atomic E-state index is 11.9. The quantitative estimate of drug-likeness (QED) is 0.754. The average Bonchev–Trinajstić information content (AvgIpc) is 3.06. The molecule has 1 aliphatic heterocycles. The van der Waals surface area contributed by atoms with Crippen molar-refractivity contribution in [2.24, 2.45) is 0 Å². The molecule has 0 bridgehead atoms. The average molecular weight is 325 g/mol. The molecule has 3 amide bonds. The Morgan fingerprint density at radius 3 is 2.50 bits per heavy atom. The SMILES string of the molecule is O=C1NC[C@@H](C(=O)NCc2ccc(OCc3ccccc3)cc2)N1. The summed E-state index contributed by atoms with van der Waals surface area (Å²) in [7, 11) is 0. The van der Waals surface area contributed by atoms with E-state index in [0.29, 0.717) is 19.7 Å². The first kappa shape index (κ1) is 15.9. The van der Waals surface area contributed by atoms with E-state index in [0.717, 1.165) is 16.9 Å². The number of benzene rings is 2. The molecular formula is C18H19N3O3. The summed E-state index contributed by atoms with van der Waals surface area (Å²) in [5, 5.41) is 7.91. The summed E-state index contributed by atoms with van der Waals surface area (Å²) in [6, 6.07) is 16.7. The van der Waals surface area contributed by atoms with Crippen molar-refractivity contribution in [1.82, 2.24) is 16.0 Å². The molecule has 24 heavy (non-hydrogen) atoms. The molecule has 6 heteroatoms. The number of nitrogens with one attached hydrogen (secondary N) is 3. The van der Waals surface area contributed by atoms with Crippen molar-refractivity contribution >= 4 is 11.9 Å². The minimum Gasteiger partial charge on any atom is -0.489 e. The van der Waals surface area contributed by atoms with Crippen molar-refractivity contribution < 1.29 is 14.3 Å². The fourth-order valence-corrected chi connectivity index (χ4v) is 2.37. The Hall–Kier alpha value is -3.02. The van der Waals surface area contributed by atoms with Gasteiger partial charge in [-0.1, -0.05) is 42.5 Å². The van der Waals surface area contributed by atoms with Gasteiger partial charge in [-0.15, -0.1) is 0 Å². The minimum atomic E-state index is -0.508. The second-order valence-electron chi connectivity index (χ2n) is 5.54. The molecule has 3 rings (SSSR count). The Morgan fingerprint density at radius 2 is 1.83 bits per heavy atom. The Bertz CT molecular complexity index is 701. The number of urea groups is 1. The Morgan fingerprint density at radius 1 is 1.08 bits per heavy atom. The molecule has 0 radical (unpaired) electrons. The van der Waals surface area contributed by atoms with E-state index < -0.39 is 6.04 Å². The molecule has 1 fully saturated rings. The fraction of sp³-hybridized carbons (Fsp3) is 0.222.